The number of guanidine groups is 1. The predicted molar refractivity (Wildman–Crippen MR) is 81.8 cm³/mol. The van der Waals surface area contributed by atoms with Crippen LogP contribution in [0.25, 0.3) is 0 Å². The van der Waals surface area contributed by atoms with E-state index < -0.39 is 9.84 Å². The highest BCUT2D eigenvalue weighted by atomic mass is 127. The van der Waals surface area contributed by atoms with Crippen molar-refractivity contribution in [3.05, 3.63) is 0 Å². The summed E-state index contributed by atoms with van der Waals surface area (Å²) in [6, 6.07) is 0. The van der Waals surface area contributed by atoms with E-state index in [-0.39, 0.29) is 29.7 Å². The van der Waals surface area contributed by atoms with Crippen molar-refractivity contribution in [1.29, 1.82) is 0 Å². The molecule has 1 rings (SSSR count). The van der Waals surface area contributed by atoms with Gasteiger partial charge in [0.25, 0.3) is 0 Å². The van der Waals surface area contributed by atoms with Crippen molar-refractivity contribution in [3.8, 4) is 0 Å². The van der Waals surface area contributed by atoms with Gasteiger partial charge in [0, 0.05) is 25.9 Å². The van der Waals surface area contributed by atoms with Gasteiger partial charge in [0.2, 0.25) is 0 Å². The molecular formula is C10H22IN3O2S. The first-order chi connectivity index (χ1) is 7.51. The fourth-order valence-corrected chi connectivity index (χ4v) is 1.69. The quantitative estimate of drug-likeness (QED) is 0.406. The molecule has 0 heterocycles. The zero-order chi connectivity index (χ0) is 12.0. The van der Waals surface area contributed by atoms with E-state index in [9.17, 15) is 8.42 Å². The zero-order valence-electron chi connectivity index (χ0n) is 10.4. The molecule has 1 saturated carbocycles. The van der Waals surface area contributed by atoms with Gasteiger partial charge in [-0.1, -0.05) is 0 Å². The van der Waals surface area contributed by atoms with Crippen molar-refractivity contribution in [1.82, 2.24) is 10.6 Å². The van der Waals surface area contributed by atoms with E-state index in [4.69, 9.17) is 0 Å². The van der Waals surface area contributed by atoms with Gasteiger partial charge in [0.15, 0.2) is 5.96 Å². The smallest absolute Gasteiger partial charge is 0.191 e. The fraction of sp³-hybridized carbons (Fsp3) is 0.900. The normalized spacial score (nSPS) is 16.2. The van der Waals surface area contributed by atoms with Crippen LogP contribution in [0.3, 0.4) is 0 Å². The zero-order valence-corrected chi connectivity index (χ0v) is 13.5. The summed E-state index contributed by atoms with van der Waals surface area (Å²) in [5.74, 6) is 1.60. The Morgan fingerprint density at radius 2 is 2.00 bits per heavy atom. The maximum atomic E-state index is 10.9. The van der Waals surface area contributed by atoms with Crippen molar-refractivity contribution in [3.63, 3.8) is 0 Å². The van der Waals surface area contributed by atoms with Crippen LogP contribution < -0.4 is 10.6 Å². The van der Waals surface area contributed by atoms with Crippen LogP contribution in [0, 0.1) is 5.92 Å². The second-order valence-electron chi connectivity index (χ2n) is 4.22. The van der Waals surface area contributed by atoms with E-state index in [0.29, 0.717) is 6.54 Å². The minimum absolute atomic E-state index is 0. The number of hydrogen-bond donors (Lipinski definition) is 2. The van der Waals surface area contributed by atoms with Gasteiger partial charge < -0.3 is 10.6 Å². The molecule has 0 spiro atoms. The number of sulfone groups is 1. The van der Waals surface area contributed by atoms with Crippen molar-refractivity contribution in [2.24, 2.45) is 10.9 Å². The van der Waals surface area contributed by atoms with E-state index in [0.717, 1.165) is 25.0 Å². The molecule has 0 amide bonds. The van der Waals surface area contributed by atoms with Gasteiger partial charge >= 0.3 is 0 Å². The van der Waals surface area contributed by atoms with Crippen LogP contribution in [-0.2, 0) is 9.84 Å². The molecule has 1 fully saturated rings. The minimum Gasteiger partial charge on any atom is -0.357 e. The molecular weight excluding hydrogens is 353 g/mol. The lowest BCUT2D eigenvalue weighted by Gasteiger charge is -2.10. The summed E-state index contributed by atoms with van der Waals surface area (Å²) < 4.78 is 21.9. The van der Waals surface area contributed by atoms with Crippen molar-refractivity contribution < 1.29 is 8.42 Å². The van der Waals surface area contributed by atoms with Crippen LogP contribution in [0.1, 0.15) is 19.8 Å². The summed E-state index contributed by atoms with van der Waals surface area (Å²) in [6.45, 7) is 4.03. The number of hydrogen-bond acceptors (Lipinski definition) is 3. The molecule has 1 aliphatic rings. The van der Waals surface area contributed by atoms with Crippen LogP contribution in [0.5, 0.6) is 0 Å². The molecule has 0 unspecified atom stereocenters. The third-order valence-corrected chi connectivity index (χ3v) is 3.26. The molecule has 0 bridgehead atoms. The third kappa shape index (κ3) is 9.63. The number of nitrogens with zero attached hydrogens (tertiary/aromatic N) is 1. The second-order valence-corrected chi connectivity index (χ2v) is 6.48. The van der Waals surface area contributed by atoms with Gasteiger partial charge in [-0.05, 0) is 25.7 Å². The Bertz CT molecular complexity index is 339. The van der Waals surface area contributed by atoms with E-state index in [2.05, 4.69) is 15.6 Å². The summed E-state index contributed by atoms with van der Waals surface area (Å²) in [4.78, 5) is 4.39. The summed E-state index contributed by atoms with van der Waals surface area (Å²) in [6.07, 6.45) is 3.78. The van der Waals surface area contributed by atoms with E-state index in [1.165, 1.54) is 19.1 Å². The SMILES string of the molecule is CCNC(=NCC1CC1)NCCS(C)(=O)=O.I. The molecule has 0 atom stereocenters. The van der Waals surface area contributed by atoms with Gasteiger partial charge in [0.1, 0.15) is 9.84 Å². The largest absolute Gasteiger partial charge is 0.357 e. The number of nitrogens with one attached hydrogen (secondary N) is 2. The van der Waals surface area contributed by atoms with Crippen LogP contribution >= 0.6 is 24.0 Å². The van der Waals surface area contributed by atoms with Gasteiger partial charge in [-0.2, -0.15) is 0 Å². The molecule has 0 aromatic carbocycles. The Labute approximate surface area is 121 Å². The molecule has 1 aliphatic carbocycles. The van der Waals surface area contributed by atoms with Crippen LogP contribution in [0.4, 0.5) is 0 Å². The highest BCUT2D eigenvalue weighted by Crippen LogP contribution is 2.28. The molecule has 17 heavy (non-hydrogen) atoms. The van der Waals surface area contributed by atoms with Crippen molar-refractivity contribution >= 4 is 39.8 Å². The van der Waals surface area contributed by atoms with Crippen LogP contribution in [-0.4, -0.2) is 46.0 Å². The van der Waals surface area contributed by atoms with Gasteiger partial charge in [-0.3, -0.25) is 4.99 Å². The van der Waals surface area contributed by atoms with E-state index >= 15 is 0 Å². The summed E-state index contributed by atoms with van der Waals surface area (Å²) in [5, 5.41) is 6.12. The average molecular weight is 375 g/mol. The number of halogens is 1. The lowest BCUT2D eigenvalue weighted by atomic mass is 10.4. The predicted octanol–water partition coefficient (Wildman–Crippen LogP) is 0.614. The van der Waals surface area contributed by atoms with Gasteiger partial charge in [-0.15, -0.1) is 24.0 Å². The summed E-state index contributed by atoms with van der Waals surface area (Å²) >= 11 is 0. The van der Waals surface area contributed by atoms with Crippen LogP contribution in [0.2, 0.25) is 0 Å². The minimum atomic E-state index is -2.90. The fourth-order valence-electron chi connectivity index (χ4n) is 1.22. The molecule has 2 N–H and O–H groups in total. The molecule has 5 nitrogen and oxygen atoms in total. The topological polar surface area (TPSA) is 70.6 Å². The first-order valence-electron chi connectivity index (χ1n) is 5.71. The third-order valence-electron chi connectivity index (χ3n) is 2.31. The Hall–Kier alpha value is -0.0500. The molecule has 7 heteroatoms. The lowest BCUT2D eigenvalue weighted by Crippen LogP contribution is -2.39. The van der Waals surface area contributed by atoms with E-state index in [1.807, 2.05) is 6.92 Å². The monoisotopic (exact) mass is 375 g/mol. The molecule has 0 radical (unpaired) electrons. The summed E-state index contributed by atoms with van der Waals surface area (Å²) in [5.41, 5.74) is 0. The van der Waals surface area contributed by atoms with Gasteiger partial charge in [0.05, 0.1) is 5.75 Å². The average Bonchev–Trinajstić information content (AvgIpc) is 2.95. The van der Waals surface area contributed by atoms with E-state index in [1.54, 1.807) is 0 Å². The number of rotatable bonds is 6. The van der Waals surface area contributed by atoms with Crippen molar-refractivity contribution in [2.75, 3.05) is 31.6 Å². The Kier molecular flexibility index (Phi) is 8.10. The van der Waals surface area contributed by atoms with Gasteiger partial charge in [-0.25, -0.2) is 8.42 Å². The Morgan fingerprint density at radius 3 is 2.47 bits per heavy atom. The van der Waals surface area contributed by atoms with Crippen LogP contribution in [0.15, 0.2) is 4.99 Å². The number of aliphatic imine (C=N–C) groups is 1. The first-order valence-corrected chi connectivity index (χ1v) is 7.77. The Balaban J connectivity index is 0.00000256. The molecule has 0 saturated heterocycles. The highest BCUT2D eigenvalue weighted by molar-refractivity contribution is 14.0. The highest BCUT2D eigenvalue weighted by Gasteiger charge is 2.20. The molecule has 0 aliphatic heterocycles. The molecule has 0 aromatic rings. The second kappa shape index (κ2) is 8.12. The summed E-state index contributed by atoms with van der Waals surface area (Å²) in [7, 11) is -2.90. The lowest BCUT2D eigenvalue weighted by molar-refractivity contribution is 0.600. The maximum absolute atomic E-state index is 10.9. The first kappa shape index (κ1) is 16.9. The molecule has 0 aromatic heterocycles. The molecule has 102 valence electrons. The maximum Gasteiger partial charge on any atom is 0.191 e. The van der Waals surface area contributed by atoms with Crippen molar-refractivity contribution in [2.45, 2.75) is 19.8 Å². The standard InChI is InChI=1S/C10H21N3O2S.HI/c1-3-11-10(13-8-9-4-5-9)12-6-7-16(2,14)15;/h9H,3-8H2,1-2H3,(H2,11,12,13);1H. The Morgan fingerprint density at radius 1 is 1.35 bits per heavy atom.